The lowest BCUT2D eigenvalue weighted by atomic mass is 9.91. The van der Waals surface area contributed by atoms with Gasteiger partial charge in [-0.1, -0.05) is 12.1 Å². The van der Waals surface area contributed by atoms with E-state index >= 15 is 0 Å². The second kappa shape index (κ2) is 8.69. The van der Waals surface area contributed by atoms with Crippen LogP contribution in [0.2, 0.25) is 0 Å². The van der Waals surface area contributed by atoms with Gasteiger partial charge in [0, 0.05) is 6.61 Å². The van der Waals surface area contributed by atoms with Crippen molar-refractivity contribution >= 4 is 7.12 Å². The molecule has 0 aromatic carbocycles. The third-order valence-electron chi connectivity index (χ3n) is 2.81. The Hall–Kier alpha value is -0.355. The average molecular weight is 242 g/mol. The van der Waals surface area contributed by atoms with Crippen molar-refractivity contribution in [3.05, 3.63) is 12.1 Å². The fraction of sp³-hybridized carbons (Fsp3) is 0.833. The Kier molecular flexibility index (Phi) is 7.52. The van der Waals surface area contributed by atoms with Crippen LogP contribution in [0.1, 0.15) is 45.4 Å². The van der Waals surface area contributed by atoms with Crippen LogP contribution < -0.4 is 0 Å². The third-order valence-corrected chi connectivity index (χ3v) is 2.81. The topological polar surface area (TPSA) is 58.9 Å². The first-order valence-corrected chi connectivity index (χ1v) is 6.48. The maximum Gasteiger partial charge on any atom is 0.480 e. The lowest BCUT2D eigenvalue weighted by Gasteiger charge is -2.26. The molecule has 2 unspecified atom stereocenters. The zero-order valence-electron chi connectivity index (χ0n) is 10.5. The molecule has 5 heteroatoms. The monoisotopic (exact) mass is 242 g/mol. The van der Waals surface area contributed by atoms with E-state index in [4.69, 9.17) is 19.5 Å². The largest absolute Gasteiger partial charge is 0.480 e. The summed E-state index contributed by atoms with van der Waals surface area (Å²) in [6.07, 6.45) is 8.09. The van der Waals surface area contributed by atoms with Crippen molar-refractivity contribution in [3.8, 4) is 0 Å². The molecular formula is C12H23BO4. The number of ether oxygens (including phenoxy) is 2. The van der Waals surface area contributed by atoms with E-state index in [9.17, 15) is 0 Å². The summed E-state index contributed by atoms with van der Waals surface area (Å²) >= 11 is 0. The van der Waals surface area contributed by atoms with Gasteiger partial charge in [0.1, 0.15) is 0 Å². The minimum Gasteiger partial charge on any atom is -0.424 e. The first-order chi connectivity index (χ1) is 8.18. The lowest BCUT2D eigenvalue weighted by Crippen LogP contribution is -2.26. The van der Waals surface area contributed by atoms with E-state index in [2.05, 4.69) is 6.92 Å². The molecule has 1 aliphatic heterocycles. The molecule has 0 aromatic heterocycles. The Morgan fingerprint density at radius 2 is 2.29 bits per heavy atom. The van der Waals surface area contributed by atoms with E-state index in [-0.39, 0.29) is 12.4 Å². The van der Waals surface area contributed by atoms with Crippen LogP contribution >= 0.6 is 0 Å². The van der Waals surface area contributed by atoms with Crippen LogP contribution in [0, 0.1) is 0 Å². The fourth-order valence-corrected chi connectivity index (χ4v) is 1.89. The van der Waals surface area contributed by atoms with Gasteiger partial charge >= 0.3 is 7.12 Å². The van der Waals surface area contributed by atoms with Crippen LogP contribution in [0.25, 0.3) is 0 Å². The predicted molar refractivity (Wildman–Crippen MR) is 67.3 cm³/mol. The molecule has 0 aromatic rings. The number of rotatable bonds is 7. The molecule has 0 spiro atoms. The summed E-state index contributed by atoms with van der Waals surface area (Å²) in [5.74, 6) is 1.38. The average Bonchev–Trinajstić information content (AvgIpc) is 2.29. The van der Waals surface area contributed by atoms with E-state index in [1.54, 1.807) is 6.08 Å². The number of hydrogen-bond donors (Lipinski definition) is 2. The summed E-state index contributed by atoms with van der Waals surface area (Å²) in [4.78, 5) is 0. The number of unbranched alkanes of at least 4 members (excludes halogenated alkanes) is 1. The molecule has 0 aliphatic carbocycles. The maximum atomic E-state index is 8.60. The standard InChI is InChI=1S/C12H23BO4/c1-11(7-3-2-5-9-13(14)15)17-12-8-4-6-10-16-12/h5,9,11-12,14-15H,2-4,6-8,10H2,1H3. The number of hydrogen-bond acceptors (Lipinski definition) is 4. The molecule has 1 heterocycles. The van der Waals surface area contributed by atoms with Gasteiger partial charge in [0.2, 0.25) is 0 Å². The second-order valence-corrected chi connectivity index (χ2v) is 4.52. The fourth-order valence-electron chi connectivity index (χ4n) is 1.89. The Bertz CT molecular complexity index is 215. The summed E-state index contributed by atoms with van der Waals surface area (Å²) in [5.41, 5.74) is 0. The minimum atomic E-state index is -1.33. The van der Waals surface area contributed by atoms with Crippen molar-refractivity contribution in [2.24, 2.45) is 0 Å². The highest BCUT2D eigenvalue weighted by atomic mass is 16.7. The molecule has 0 radical (unpaired) electrons. The van der Waals surface area contributed by atoms with Gasteiger partial charge in [-0.15, -0.1) is 0 Å². The molecule has 0 amide bonds. The molecule has 17 heavy (non-hydrogen) atoms. The molecule has 4 nitrogen and oxygen atoms in total. The van der Waals surface area contributed by atoms with Gasteiger partial charge in [0.25, 0.3) is 0 Å². The molecule has 0 bridgehead atoms. The summed E-state index contributed by atoms with van der Waals surface area (Å²) < 4.78 is 11.3. The Morgan fingerprint density at radius 1 is 1.47 bits per heavy atom. The number of allylic oxidation sites excluding steroid dienone is 1. The molecule has 0 saturated carbocycles. The second-order valence-electron chi connectivity index (χ2n) is 4.52. The van der Waals surface area contributed by atoms with Crippen LogP contribution in [0.3, 0.4) is 0 Å². The van der Waals surface area contributed by atoms with Gasteiger partial charge in [-0.3, -0.25) is 0 Å². The van der Waals surface area contributed by atoms with Gasteiger partial charge in [0.05, 0.1) is 6.10 Å². The lowest BCUT2D eigenvalue weighted by molar-refractivity contribution is -0.185. The Balaban J connectivity index is 2.02. The van der Waals surface area contributed by atoms with Crippen LogP contribution in [0.4, 0.5) is 0 Å². The highest BCUT2D eigenvalue weighted by Crippen LogP contribution is 2.17. The summed E-state index contributed by atoms with van der Waals surface area (Å²) in [7, 11) is -1.33. The van der Waals surface area contributed by atoms with Gasteiger partial charge in [-0.05, 0) is 45.4 Å². The summed E-state index contributed by atoms with van der Waals surface area (Å²) in [6.45, 7) is 2.87. The van der Waals surface area contributed by atoms with Crippen molar-refractivity contribution < 1.29 is 19.5 Å². The third kappa shape index (κ3) is 7.55. The maximum absolute atomic E-state index is 8.60. The first-order valence-electron chi connectivity index (χ1n) is 6.48. The van der Waals surface area contributed by atoms with Crippen molar-refractivity contribution in [2.75, 3.05) is 6.61 Å². The highest BCUT2D eigenvalue weighted by Gasteiger charge is 2.16. The van der Waals surface area contributed by atoms with E-state index in [1.165, 1.54) is 12.4 Å². The van der Waals surface area contributed by atoms with Crippen LogP contribution in [0.15, 0.2) is 12.1 Å². The Labute approximate surface area is 104 Å². The molecule has 1 aliphatic rings. The van der Waals surface area contributed by atoms with Crippen LogP contribution in [-0.4, -0.2) is 36.2 Å². The van der Waals surface area contributed by atoms with E-state index < -0.39 is 7.12 Å². The minimum absolute atomic E-state index is 0.0199. The molecular weight excluding hydrogens is 219 g/mol. The van der Waals surface area contributed by atoms with Crippen molar-refractivity contribution in [1.29, 1.82) is 0 Å². The van der Waals surface area contributed by atoms with Gasteiger partial charge in [0.15, 0.2) is 6.29 Å². The molecule has 2 atom stereocenters. The first kappa shape index (κ1) is 14.7. The van der Waals surface area contributed by atoms with Crippen molar-refractivity contribution in [1.82, 2.24) is 0 Å². The van der Waals surface area contributed by atoms with Crippen LogP contribution in [0.5, 0.6) is 0 Å². The molecule has 1 rings (SSSR count). The Morgan fingerprint density at radius 3 is 2.94 bits per heavy atom. The van der Waals surface area contributed by atoms with E-state index in [1.807, 2.05) is 0 Å². The summed E-state index contributed by atoms with van der Waals surface area (Å²) in [6, 6.07) is 0. The molecule has 1 saturated heterocycles. The van der Waals surface area contributed by atoms with Gasteiger partial charge < -0.3 is 19.5 Å². The highest BCUT2D eigenvalue weighted by molar-refractivity contribution is 6.47. The van der Waals surface area contributed by atoms with Crippen molar-refractivity contribution in [3.63, 3.8) is 0 Å². The van der Waals surface area contributed by atoms with E-state index in [0.29, 0.717) is 0 Å². The normalized spacial score (nSPS) is 22.9. The predicted octanol–water partition coefficient (Wildman–Crippen LogP) is 1.66. The van der Waals surface area contributed by atoms with E-state index in [0.717, 1.165) is 38.7 Å². The van der Waals surface area contributed by atoms with Crippen molar-refractivity contribution in [2.45, 2.75) is 57.8 Å². The molecule has 2 N–H and O–H groups in total. The zero-order valence-corrected chi connectivity index (χ0v) is 10.5. The van der Waals surface area contributed by atoms with Gasteiger partial charge in [-0.2, -0.15) is 0 Å². The quantitative estimate of drug-likeness (QED) is 0.526. The smallest absolute Gasteiger partial charge is 0.424 e. The van der Waals surface area contributed by atoms with Gasteiger partial charge in [-0.25, -0.2) is 0 Å². The zero-order chi connectivity index (χ0) is 12.5. The van der Waals surface area contributed by atoms with Crippen LogP contribution in [-0.2, 0) is 9.47 Å². The SMILES string of the molecule is CC(CCCC=CB(O)O)OC1CCCCO1. The molecule has 1 fully saturated rings. The summed E-state index contributed by atoms with van der Waals surface area (Å²) in [5, 5.41) is 17.2. The molecule has 98 valence electrons.